The predicted molar refractivity (Wildman–Crippen MR) is 66.1 cm³/mol. The van der Waals surface area contributed by atoms with Gasteiger partial charge in [-0.25, -0.2) is 4.98 Å². The van der Waals surface area contributed by atoms with E-state index in [9.17, 15) is 0 Å². The first-order chi connectivity index (χ1) is 7.08. The second-order valence-electron chi connectivity index (χ2n) is 4.29. The average molecular weight is 220 g/mol. The Morgan fingerprint density at radius 3 is 2.73 bits per heavy atom. The molecule has 0 aliphatic carbocycles. The third-order valence-electron chi connectivity index (χ3n) is 2.56. The molecule has 0 saturated carbocycles. The summed E-state index contributed by atoms with van der Waals surface area (Å²) in [6.45, 7) is 6.35. The van der Waals surface area contributed by atoms with Crippen LogP contribution in [0.3, 0.4) is 0 Å². The van der Waals surface area contributed by atoms with Crippen molar-refractivity contribution in [3.63, 3.8) is 0 Å². The first-order valence-corrected chi connectivity index (χ1v) is 6.02. The van der Waals surface area contributed by atoms with Crippen LogP contribution in [0.5, 0.6) is 0 Å². The molecule has 0 radical (unpaired) electrons. The Balaban J connectivity index is 2.47. The molecule has 0 bridgehead atoms. The van der Waals surface area contributed by atoms with Crippen molar-refractivity contribution in [2.45, 2.75) is 26.8 Å². The highest BCUT2D eigenvalue weighted by atomic mass is 32.1. The van der Waals surface area contributed by atoms with Crippen LogP contribution in [0.25, 0.3) is 10.2 Å². The summed E-state index contributed by atoms with van der Waals surface area (Å²) in [7, 11) is 0. The van der Waals surface area contributed by atoms with Gasteiger partial charge in [-0.05, 0) is 30.5 Å². The van der Waals surface area contributed by atoms with Crippen LogP contribution in [-0.4, -0.2) is 4.98 Å². The maximum absolute atomic E-state index is 6.09. The molecule has 1 heterocycles. The van der Waals surface area contributed by atoms with Gasteiger partial charge in [-0.1, -0.05) is 19.9 Å². The molecule has 1 atom stereocenters. The summed E-state index contributed by atoms with van der Waals surface area (Å²) in [6.07, 6.45) is 0. The summed E-state index contributed by atoms with van der Waals surface area (Å²) in [5, 5.41) is 1.05. The summed E-state index contributed by atoms with van der Waals surface area (Å²) in [4.78, 5) is 4.57. The van der Waals surface area contributed by atoms with Gasteiger partial charge in [0.05, 0.1) is 16.3 Å². The Hall–Kier alpha value is -0.930. The highest BCUT2D eigenvalue weighted by Crippen LogP contribution is 2.29. The lowest BCUT2D eigenvalue weighted by Gasteiger charge is -2.11. The van der Waals surface area contributed by atoms with Crippen molar-refractivity contribution in [3.05, 3.63) is 28.8 Å². The molecule has 1 aromatic carbocycles. The van der Waals surface area contributed by atoms with Gasteiger partial charge in [-0.15, -0.1) is 11.3 Å². The number of thiazole rings is 1. The number of aromatic nitrogens is 1. The fourth-order valence-corrected chi connectivity index (χ4v) is 2.72. The van der Waals surface area contributed by atoms with E-state index in [1.54, 1.807) is 11.3 Å². The van der Waals surface area contributed by atoms with E-state index in [0.717, 1.165) is 10.5 Å². The minimum Gasteiger partial charge on any atom is -0.322 e. The van der Waals surface area contributed by atoms with Crippen molar-refractivity contribution in [1.82, 2.24) is 4.98 Å². The zero-order valence-corrected chi connectivity index (χ0v) is 10.1. The molecule has 1 unspecified atom stereocenters. The maximum atomic E-state index is 6.09. The van der Waals surface area contributed by atoms with E-state index in [-0.39, 0.29) is 6.04 Å². The SMILES string of the molecule is Cc1ccc2nc(C(N)C(C)C)sc2c1. The highest BCUT2D eigenvalue weighted by Gasteiger charge is 2.15. The molecule has 0 spiro atoms. The van der Waals surface area contributed by atoms with E-state index in [1.807, 2.05) is 0 Å². The van der Waals surface area contributed by atoms with Crippen LogP contribution in [0.4, 0.5) is 0 Å². The standard InChI is InChI=1S/C12H16N2S/c1-7(2)11(13)12-14-9-5-4-8(3)6-10(9)15-12/h4-7,11H,13H2,1-3H3. The topological polar surface area (TPSA) is 38.9 Å². The number of aryl methyl sites for hydroxylation is 1. The minimum absolute atomic E-state index is 0.0581. The third-order valence-corrected chi connectivity index (χ3v) is 3.68. The van der Waals surface area contributed by atoms with Gasteiger partial charge < -0.3 is 5.73 Å². The minimum atomic E-state index is 0.0581. The number of fused-ring (bicyclic) bond motifs is 1. The van der Waals surface area contributed by atoms with Gasteiger partial charge in [-0.2, -0.15) is 0 Å². The normalized spacial score (nSPS) is 13.7. The maximum Gasteiger partial charge on any atom is 0.111 e. The molecule has 2 rings (SSSR count). The Labute approximate surface area is 94.1 Å². The molecule has 0 amide bonds. The number of hydrogen-bond acceptors (Lipinski definition) is 3. The van der Waals surface area contributed by atoms with Gasteiger partial charge in [0.15, 0.2) is 0 Å². The highest BCUT2D eigenvalue weighted by molar-refractivity contribution is 7.18. The fraction of sp³-hybridized carbons (Fsp3) is 0.417. The van der Waals surface area contributed by atoms with Gasteiger partial charge in [0.1, 0.15) is 5.01 Å². The Morgan fingerprint density at radius 1 is 1.33 bits per heavy atom. The Bertz CT molecular complexity index is 473. The zero-order valence-electron chi connectivity index (χ0n) is 9.32. The van der Waals surface area contributed by atoms with Crippen molar-refractivity contribution in [3.8, 4) is 0 Å². The summed E-state index contributed by atoms with van der Waals surface area (Å²) in [5.41, 5.74) is 8.43. The summed E-state index contributed by atoms with van der Waals surface area (Å²) < 4.78 is 1.24. The van der Waals surface area contributed by atoms with Crippen LogP contribution < -0.4 is 5.73 Å². The molecule has 2 nitrogen and oxygen atoms in total. The van der Waals surface area contributed by atoms with Gasteiger partial charge in [0, 0.05) is 0 Å². The van der Waals surface area contributed by atoms with Crippen LogP contribution >= 0.6 is 11.3 Å². The van der Waals surface area contributed by atoms with E-state index in [2.05, 4.69) is 44.0 Å². The fourth-order valence-electron chi connectivity index (χ4n) is 1.48. The van der Waals surface area contributed by atoms with Crippen molar-refractivity contribution in [2.75, 3.05) is 0 Å². The van der Waals surface area contributed by atoms with E-state index in [0.29, 0.717) is 5.92 Å². The molecule has 2 N–H and O–H groups in total. The van der Waals surface area contributed by atoms with Gasteiger partial charge in [0.25, 0.3) is 0 Å². The number of nitrogens with two attached hydrogens (primary N) is 1. The second kappa shape index (κ2) is 3.91. The second-order valence-corrected chi connectivity index (χ2v) is 5.36. The molecule has 2 aromatic rings. The number of hydrogen-bond donors (Lipinski definition) is 1. The number of nitrogens with zero attached hydrogens (tertiary/aromatic N) is 1. The van der Waals surface area contributed by atoms with Crippen LogP contribution in [0.2, 0.25) is 0 Å². The summed E-state index contributed by atoms with van der Waals surface area (Å²) in [6, 6.07) is 6.39. The molecule has 0 fully saturated rings. The summed E-state index contributed by atoms with van der Waals surface area (Å²) >= 11 is 1.71. The summed E-state index contributed by atoms with van der Waals surface area (Å²) in [5.74, 6) is 0.437. The first kappa shape index (κ1) is 10.6. The van der Waals surface area contributed by atoms with Gasteiger partial charge in [0.2, 0.25) is 0 Å². The molecule has 0 aliphatic rings. The largest absolute Gasteiger partial charge is 0.322 e. The van der Waals surface area contributed by atoms with Crippen molar-refractivity contribution in [2.24, 2.45) is 11.7 Å². The van der Waals surface area contributed by atoms with Gasteiger partial charge >= 0.3 is 0 Å². The van der Waals surface area contributed by atoms with E-state index >= 15 is 0 Å². The van der Waals surface area contributed by atoms with E-state index < -0.39 is 0 Å². The number of benzene rings is 1. The Kier molecular flexibility index (Phi) is 2.76. The molecular weight excluding hydrogens is 204 g/mol. The van der Waals surface area contributed by atoms with Gasteiger partial charge in [-0.3, -0.25) is 0 Å². The van der Waals surface area contributed by atoms with Crippen molar-refractivity contribution < 1.29 is 0 Å². The molecular formula is C12H16N2S. The zero-order chi connectivity index (χ0) is 11.0. The predicted octanol–water partition coefficient (Wildman–Crippen LogP) is 3.26. The van der Waals surface area contributed by atoms with Crippen LogP contribution in [0, 0.1) is 12.8 Å². The lowest BCUT2D eigenvalue weighted by Crippen LogP contribution is -2.16. The quantitative estimate of drug-likeness (QED) is 0.843. The molecule has 0 saturated heterocycles. The molecule has 0 aliphatic heterocycles. The van der Waals surface area contributed by atoms with Crippen molar-refractivity contribution in [1.29, 1.82) is 0 Å². The monoisotopic (exact) mass is 220 g/mol. The van der Waals surface area contributed by atoms with Crippen LogP contribution in [0.15, 0.2) is 18.2 Å². The molecule has 80 valence electrons. The first-order valence-electron chi connectivity index (χ1n) is 5.20. The lowest BCUT2D eigenvalue weighted by molar-refractivity contribution is 0.513. The van der Waals surface area contributed by atoms with E-state index in [1.165, 1.54) is 10.3 Å². The number of rotatable bonds is 2. The van der Waals surface area contributed by atoms with Crippen molar-refractivity contribution >= 4 is 21.6 Å². The van der Waals surface area contributed by atoms with Crippen LogP contribution in [-0.2, 0) is 0 Å². The third kappa shape index (κ3) is 2.03. The van der Waals surface area contributed by atoms with Crippen LogP contribution in [0.1, 0.15) is 30.5 Å². The Morgan fingerprint density at radius 2 is 2.07 bits per heavy atom. The molecule has 15 heavy (non-hydrogen) atoms. The van der Waals surface area contributed by atoms with E-state index in [4.69, 9.17) is 5.73 Å². The molecule has 1 aromatic heterocycles. The lowest BCUT2D eigenvalue weighted by atomic mass is 10.1. The average Bonchev–Trinajstić information content (AvgIpc) is 2.58. The molecule has 3 heteroatoms. The smallest absolute Gasteiger partial charge is 0.111 e.